The summed E-state index contributed by atoms with van der Waals surface area (Å²) in [5, 5.41) is 0. The van der Waals surface area contributed by atoms with Crippen molar-refractivity contribution < 1.29 is 0 Å². The maximum absolute atomic E-state index is 2.33. The van der Waals surface area contributed by atoms with E-state index in [1.54, 1.807) is 5.57 Å². The van der Waals surface area contributed by atoms with Crippen LogP contribution < -0.4 is 0 Å². The first-order valence-corrected chi connectivity index (χ1v) is 5.26. The molecule has 72 valence electrons. The van der Waals surface area contributed by atoms with Crippen LogP contribution in [0.4, 0.5) is 0 Å². The first-order valence-electron chi connectivity index (χ1n) is 5.26. The largest absolute Gasteiger partial charge is 0.0631 e. The third kappa shape index (κ3) is 1.65. The Hall–Kier alpha value is -1.30. The van der Waals surface area contributed by atoms with Gasteiger partial charge >= 0.3 is 0 Å². The molecule has 0 heteroatoms. The molecule has 1 aromatic rings. The summed E-state index contributed by atoms with van der Waals surface area (Å²) in [6.45, 7) is 4.45. The van der Waals surface area contributed by atoms with E-state index in [-0.39, 0.29) is 0 Å². The Balaban J connectivity index is 2.24. The van der Waals surface area contributed by atoms with Crippen molar-refractivity contribution in [2.75, 3.05) is 0 Å². The Morgan fingerprint density at radius 3 is 2.43 bits per heavy atom. The predicted molar refractivity (Wildman–Crippen MR) is 62.0 cm³/mol. The smallest absolute Gasteiger partial charge is 0.00554 e. The minimum absolute atomic E-state index is 1.15. The van der Waals surface area contributed by atoms with Crippen molar-refractivity contribution in [2.24, 2.45) is 0 Å². The fraction of sp³-hybridized carbons (Fsp3) is 0.286. The molecule has 0 heterocycles. The highest BCUT2D eigenvalue weighted by Crippen LogP contribution is 2.33. The molecule has 0 N–H and O–H groups in total. The van der Waals surface area contributed by atoms with Gasteiger partial charge in [0, 0.05) is 0 Å². The highest BCUT2D eigenvalue weighted by molar-refractivity contribution is 5.73. The van der Waals surface area contributed by atoms with E-state index in [1.165, 1.54) is 23.1 Å². The first-order chi connectivity index (χ1) is 6.81. The average Bonchev–Trinajstić information content (AvgIpc) is 2.61. The van der Waals surface area contributed by atoms with Gasteiger partial charge in [-0.05, 0) is 30.9 Å². The monoisotopic (exact) mass is 184 g/mol. The van der Waals surface area contributed by atoms with Crippen molar-refractivity contribution in [3.05, 3.63) is 53.1 Å². The molecular weight excluding hydrogens is 168 g/mol. The molecule has 1 aliphatic rings. The lowest BCUT2D eigenvalue weighted by atomic mass is 10.0. The van der Waals surface area contributed by atoms with Gasteiger partial charge in [0.15, 0.2) is 0 Å². The van der Waals surface area contributed by atoms with Crippen LogP contribution in [0.5, 0.6) is 0 Å². The van der Waals surface area contributed by atoms with Crippen molar-refractivity contribution in [2.45, 2.75) is 26.7 Å². The van der Waals surface area contributed by atoms with Gasteiger partial charge in [-0.15, -0.1) is 0 Å². The number of hydrogen-bond donors (Lipinski definition) is 0. The van der Waals surface area contributed by atoms with Crippen LogP contribution in [-0.4, -0.2) is 0 Å². The van der Waals surface area contributed by atoms with Gasteiger partial charge in [0.25, 0.3) is 0 Å². The standard InChI is InChI=1S/C14H16/c1-3-12-10-14(9-11(12)2)13-7-5-4-6-8-13/h4-9H,3,10H2,1-2H3. The summed E-state index contributed by atoms with van der Waals surface area (Å²) < 4.78 is 0. The summed E-state index contributed by atoms with van der Waals surface area (Å²) >= 11 is 0. The van der Waals surface area contributed by atoms with Crippen LogP contribution in [0.1, 0.15) is 32.3 Å². The zero-order valence-electron chi connectivity index (χ0n) is 8.88. The highest BCUT2D eigenvalue weighted by Gasteiger charge is 2.12. The third-order valence-electron chi connectivity index (χ3n) is 2.92. The van der Waals surface area contributed by atoms with E-state index in [0.717, 1.165) is 6.42 Å². The van der Waals surface area contributed by atoms with E-state index in [1.807, 2.05) is 0 Å². The fourth-order valence-electron chi connectivity index (χ4n) is 2.03. The number of allylic oxidation sites excluding steroid dienone is 4. The molecule has 2 rings (SSSR count). The minimum atomic E-state index is 1.15. The Kier molecular flexibility index (Phi) is 2.53. The van der Waals surface area contributed by atoms with E-state index in [2.05, 4.69) is 50.3 Å². The Bertz CT molecular complexity index is 380. The molecule has 0 amide bonds. The molecule has 0 radical (unpaired) electrons. The van der Waals surface area contributed by atoms with E-state index < -0.39 is 0 Å². The first kappa shape index (κ1) is 9.26. The normalized spacial score (nSPS) is 16.0. The topological polar surface area (TPSA) is 0 Å². The number of rotatable bonds is 2. The number of benzene rings is 1. The second-order valence-corrected chi connectivity index (χ2v) is 3.85. The molecule has 0 aromatic heterocycles. The van der Waals surface area contributed by atoms with Gasteiger partial charge in [-0.3, -0.25) is 0 Å². The molecule has 0 bridgehead atoms. The summed E-state index contributed by atoms with van der Waals surface area (Å²) in [5.74, 6) is 0. The van der Waals surface area contributed by atoms with Crippen LogP contribution in [0.15, 0.2) is 47.6 Å². The molecule has 0 spiro atoms. The lowest BCUT2D eigenvalue weighted by Crippen LogP contribution is -1.82. The minimum Gasteiger partial charge on any atom is -0.0631 e. The zero-order valence-corrected chi connectivity index (χ0v) is 8.88. The quantitative estimate of drug-likeness (QED) is 0.646. The van der Waals surface area contributed by atoms with Gasteiger partial charge in [0.2, 0.25) is 0 Å². The van der Waals surface area contributed by atoms with Gasteiger partial charge in [-0.25, -0.2) is 0 Å². The van der Waals surface area contributed by atoms with Crippen molar-refractivity contribution in [3.63, 3.8) is 0 Å². The summed E-state index contributed by atoms with van der Waals surface area (Å²) in [6, 6.07) is 10.7. The van der Waals surface area contributed by atoms with Crippen LogP contribution in [0, 0.1) is 0 Å². The fourth-order valence-corrected chi connectivity index (χ4v) is 2.03. The maximum Gasteiger partial charge on any atom is -0.00554 e. The van der Waals surface area contributed by atoms with Crippen molar-refractivity contribution in [3.8, 4) is 0 Å². The van der Waals surface area contributed by atoms with Crippen molar-refractivity contribution in [1.29, 1.82) is 0 Å². The van der Waals surface area contributed by atoms with Crippen LogP contribution in [-0.2, 0) is 0 Å². The molecule has 0 saturated heterocycles. The van der Waals surface area contributed by atoms with E-state index in [0.29, 0.717) is 0 Å². The third-order valence-corrected chi connectivity index (χ3v) is 2.92. The summed E-state index contributed by atoms with van der Waals surface area (Å²) in [4.78, 5) is 0. The summed E-state index contributed by atoms with van der Waals surface area (Å²) in [5.41, 5.74) is 5.89. The average molecular weight is 184 g/mol. The zero-order chi connectivity index (χ0) is 9.97. The van der Waals surface area contributed by atoms with Gasteiger partial charge in [0.05, 0.1) is 0 Å². The summed E-state index contributed by atoms with van der Waals surface area (Å²) in [6.07, 6.45) is 4.65. The van der Waals surface area contributed by atoms with Gasteiger partial charge in [-0.1, -0.05) is 54.5 Å². The van der Waals surface area contributed by atoms with Crippen LogP contribution in [0.3, 0.4) is 0 Å². The lowest BCUT2D eigenvalue weighted by molar-refractivity contribution is 1.04. The van der Waals surface area contributed by atoms with Crippen molar-refractivity contribution in [1.82, 2.24) is 0 Å². The van der Waals surface area contributed by atoms with Crippen LogP contribution in [0.25, 0.3) is 5.57 Å². The van der Waals surface area contributed by atoms with Crippen LogP contribution >= 0.6 is 0 Å². The van der Waals surface area contributed by atoms with E-state index in [4.69, 9.17) is 0 Å². The van der Waals surface area contributed by atoms with E-state index in [9.17, 15) is 0 Å². The van der Waals surface area contributed by atoms with Gasteiger partial charge in [0.1, 0.15) is 0 Å². The molecule has 0 atom stereocenters. The molecule has 0 fully saturated rings. The van der Waals surface area contributed by atoms with Gasteiger partial charge in [-0.2, -0.15) is 0 Å². The lowest BCUT2D eigenvalue weighted by Gasteiger charge is -2.03. The molecule has 0 unspecified atom stereocenters. The SMILES string of the molecule is CCC1=C(C)C=C(c2ccccc2)C1. The maximum atomic E-state index is 2.33. The Morgan fingerprint density at radius 1 is 1.14 bits per heavy atom. The van der Waals surface area contributed by atoms with Crippen molar-refractivity contribution >= 4 is 5.57 Å². The van der Waals surface area contributed by atoms with Crippen LogP contribution in [0.2, 0.25) is 0 Å². The highest BCUT2D eigenvalue weighted by atomic mass is 14.2. The summed E-state index contributed by atoms with van der Waals surface area (Å²) in [7, 11) is 0. The molecule has 0 aliphatic heterocycles. The Labute approximate surface area is 86.0 Å². The molecular formula is C14H16. The molecule has 14 heavy (non-hydrogen) atoms. The molecule has 1 aliphatic carbocycles. The second-order valence-electron chi connectivity index (χ2n) is 3.85. The number of hydrogen-bond acceptors (Lipinski definition) is 0. The second kappa shape index (κ2) is 3.83. The van der Waals surface area contributed by atoms with E-state index >= 15 is 0 Å². The molecule has 0 nitrogen and oxygen atoms in total. The molecule has 1 aromatic carbocycles. The van der Waals surface area contributed by atoms with Gasteiger partial charge < -0.3 is 0 Å². The predicted octanol–water partition coefficient (Wildman–Crippen LogP) is 4.20. The Morgan fingerprint density at radius 2 is 1.86 bits per heavy atom. The molecule has 0 saturated carbocycles.